The second-order valence-corrected chi connectivity index (χ2v) is 3.07. The van der Waals surface area contributed by atoms with E-state index in [0.29, 0.717) is 0 Å². The first-order chi connectivity index (χ1) is 4.24. The Morgan fingerprint density at radius 1 is 1.67 bits per heavy atom. The Bertz CT molecular complexity index is 120. The van der Waals surface area contributed by atoms with Gasteiger partial charge >= 0.3 is 0 Å². The first kappa shape index (κ1) is 6.85. The van der Waals surface area contributed by atoms with Crippen molar-refractivity contribution in [1.29, 1.82) is 0 Å². The van der Waals surface area contributed by atoms with Crippen LogP contribution in [0.1, 0.15) is 33.6 Å². The highest BCUT2D eigenvalue weighted by atomic mass is 14.2. The predicted octanol–water partition coefficient (Wildman–Crippen LogP) is 2.96. The van der Waals surface area contributed by atoms with E-state index in [0.717, 1.165) is 5.92 Å². The Balaban J connectivity index is 2.33. The second kappa shape index (κ2) is 2.55. The van der Waals surface area contributed by atoms with Crippen molar-refractivity contribution >= 4 is 0 Å². The fourth-order valence-corrected chi connectivity index (χ4v) is 1.17. The van der Waals surface area contributed by atoms with E-state index in [9.17, 15) is 0 Å². The lowest BCUT2D eigenvalue weighted by molar-refractivity contribution is 0.580. The van der Waals surface area contributed by atoms with Gasteiger partial charge in [-0.1, -0.05) is 18.9 Å². The molecule has 0 fully saturated rings. The van der Waals surface area contributed by atoms with E-state index in [1.165, 1.54) is 12.8 Å². The van der Waals surface area contributed by atoms with Crippen molar-refractivity contribution in [1.82, 2.24) is 0 Å². The van der Waals surface area contributed by atoms with Crippen molar-refractivity contribution in [3.8, 4) is 0 Å². The zero-order valence-corrected chi connectivity index (χ0v) is 6.57. The molecule has 0 radical (unpaired) electrons. The van der Waals surface area contributed by atoms with Gasteiger partial charge in [0.25, 0.3) is 0 Å². The number of hydrogen-bond donors (Lipinski definition) is 0. The Kier molecular flexibility index (Phi) is 1.94. The molecule has 0 saturated carbocycles. The summed E-state index contributed by atoms with van der Waals surface area (Å²) in [6.45, 7) is 6.66. The van der Waals surface area contributed by atoms with Crippen molar-refractivity contribution in [3.05, 3.63) is 17.6 Å². The van der Waals surface area contributed by atoms with Gasteiger partial charge in [0.1, 0.15) is 0 Å². The van der Waals surface area contributed by atoms with Crippen molar-refractivity contribution < 1.29 is 0 Å². The Morgan fingerprint density at radius 2 is 2.22 bits per heavy atom. The van der Waals surface area contributed by atoms with E-state index < -0.39 is 0 Å². The number of hydrogen-bond acceptors (Lipinski definition) is 0. The summed E-state index contributed by atoms with van der Waals surface area (Å²) in [6, 6.07) is 0. The Labute approximate surface area is 58.0 Å². The van der Waals surface area contributed by atoms with Crippen LogP contribution in [0.4, 0.5) is 0 Å². The first-order valence-corrected chi connectivity index (χ1v) is 3.73. The maximum Gasteiger partial charge on any atom is -0.0351 e. The van der Waals surface area contributed by atoms with Crippen LogP contribution in [0.5, 0.6) is 0 Å². The first-order valence-electron chi connectivity index (χ1n) is 3.73. The molecule has 0 amide bonds. The zero-order valence-electron chi connectivity index (χ0n) is 6.57. The fourth-order valence-electron chi connectivity index (χ4n) is 1.17. The molecule has 1 aliphatic carbocycles. The van der Waals surface area contributed by atoms with Gasteiger partial charge in [-0.15, -0.1) is 12.0 Å². The third-order valence-corrected chi connectivity index (χ3v) is 2.11. The average molecular weight is 123 g/mol. The maximum absolute atomic E-state index is 2.40. The molecule has 0 heteroatoms. The monoisotopic (exact) mass is 123 g/mol. The van der Waals surface area contributed by atoms with Crippen molar-refractivity contribution in [2.24, 2.45) is 5.92 Å². The SMILES string of the molecule is CCC1=CC([C-](C)C)C1. The van der Waals surface area contributed by atoms with Gasteiger partial charge in [0, 0.05) is 0 Å². The van der Waals surface area contributed by atoms with Crippen LogP contribution >= 0.6 is 0 Å². The van der Waals surface area contributed by atoms with E-state index in [4.69, 9.17) is 0 Å². The Morgan fingerprint density at radius 3 is 2.56 bits per heavy atom. The molecule has 0 saturated heterocycles. The zero-order chi connectivity index (χ0) is 6.85. The van der Waals surface area contributed by atoms with Gasteiger partial charge in [0.05, 0.1) is 0 Å². The molecular weight excluding hydrogens is 108 g/mol. The molecule has 0 aliphatic heterocycles. The van der Waals surface area contributed by atoms with Gasteiger partial charge in [-0.3, -0.25) is 0 Å². The van der Waals surface area contributed by atoms with Gasteiger partial charge in [-0.25, -0.2) is 0 Å². The van der Waals surface area contributed by atoms with Crippen LogP contribution in [-0.4, -0.2) is 0 Å². The van der Waals surface area contributed by atoms with Crippen LogP contribution in [0.25, 0.3) is 0 Å². The van der Waals surface area contributed by atoms with Gasteiger partial charge in [-0.05, 0) is 6.42 Å². The summed E-state index contributed by atoms with van der Waals surface area (Å²) in [4.78, 5) is 0. The average Bonchev–Trinajstić information content (AvgIpc) is 1.61. The molecule has 0 heterocycles. The lowest BCUT2D eigenvalue weighted by Gasteiger charge is -2.37. The van der Waals surface area contributed by atoms with Gasteiger partial charge < -0.3 is 5.92 Å². The highest BCUT2D eigenvalue weighted by Crippen LogP contribution is 2.34. The molecule has 0 spiro atoms. The molecular formula is C9H15-. The molecule has 0 aromatic carbocycles. The minimum atomic E-state index is 0.819. The summed E-state index contributed by atoms with van der Waals surface area (Å²) in [5, 5.41) is 0. The third kappa shape index (κ3) is 1.35. The summed E-state index contributed by atoms with van der Waals surface area (Å²) < 4.78 is 0. The van der Waals surface area contributed by atoms with Crippen molar-refractivity contribution in [2.45, 2.75) is 33.6 Å². The van der Waals surface area contributed by atoms with Crippen LogP contribution < -0.4 is 0 Å². The molecule has 1 rings (SSSR count). The smallest absolute Gasteiger partial charge is 0.0351 e. The lowest BCUT2D eigenvalue weighted by Crippen LogP contribution is -2.13. The molecule has 9 heavy (non-hydrogen) atoms. The molecule has 52 valence electrons. The van der Waals surface area contributed by atoms with E-state index in [2.05, 4.69) is 26.8 Å². The molecule has 0 aromatic rings. The topological polar surface area (TPSA) is 0 Å². The minimum Gasteiger partial charge on any atom is -0.313 e. The molecule has 0 bridgehead atoms. The highest BCUT2D eigenvalue weighted by molar-refractivity contribution is 5.22. The van der Waals surface area contributed by atoms with E-state index in [-0.39, 0.29) is 0 Å². The fraction of sp³-hybridized carbons (Fsp3) is 0.667. The summed E-state index contributed by atoms with van der Waals surface area (Å²) in [7, 11) is 0. The molecule has 0 nitrogen and oxygen atoms in total. The maximum atomic E-state index is 2.40. The van der Waals surface area contributed by atoms with Crippen LogP contribution in [0.15, 0.2) is 11.6 Å². The largest absolute Gasteiger partial charge is 0.313 e. The van der Waals surface area contributed by atoms with Crippen LogP contribution in [0.2, 0.25) is 0 Å². The van der Waals surface area contributed by atoms with Gasteiger partial charge in [0.15, 0.2) is 0 Å². The Hall–Kier alpha value is -0.260. The molecule has 1 atom stereocenters. The number of rotatable bonds is 2. The summed E-state index contributed by atoms with van der Waals surface area (Å²) in [5.74, 6) is 2.38. The molecule has 1 aliphatic rings. The summed E-state index contributed by atoms with van der Waals surface area (Å²) in [5.41, 5.74) is 1.64. The van der Waals surface area contributed by atoms with Crippen LogP contribution in [0, 0.1) is 11.8 Å². The van der Waals surface area contributed by atoms with E-state index in [1.807, 2.05) is 0 Å². The molecule has 0 aromatic heterocycles. The normalized spacial score (nSPS) is 25.8. The molecule has 1 unspecified atom stereocenters. The van der Waals surface area contributed by atoms with E-state index in [1.54, 1.807) is 11.5 Å². The minimum absolute atomic E-state index is 0.819. The molecule has 0 N–H and O–H groups in total. The van der Waals surface area contributed by atoms with Crippen LogP contribution in [-0.2, 0) is 0 Å². The lowest BCUT2D eigenvalue weighted by atomic mass is 9.78. The van der Waals surface area contributed by atoms with Gasteiger partial charge in [-0.2, -0.15) is 13.8 Å². The summed E-state index contributed by atoms with van der Waals surface area (Å²) in [6.07, 6.45) is 4.98. The predicted molar refractivity (Wildman–Crippen MR) is 41.1 cm³/mol. The quantitative estimate of drug-likeness (QED) is 0.391. The third-order valence-electron chi connectivity index (χ3n) is 2.11. The number of allylic oxidation sites excluding steroid dienone is 2. The van der Waals surface area contributed by atoms with E-state index >= 15 is 0 Å². The van der Waals surface area contributed by atoms with Gasteiger partial charge in [0.2, 0.25) is 0 Å². The standard InChI is InChI=1S/C9H15/c1-4-8-5-9(6-8)7(2)3/h5,9H,4,6H2,1-3H3/q-1. The van der Waals surface area contributed by atoms with Crippen molar-refractivity contribution in [2.75, 3.05) is 0 Å². The highest BCUT2D eigenvalue weighted by Gasteiger charge is 2.11. The van der Waals surface area contributed by atoms with Crippen molar-refractivity contribution in [3.63, 3.8) is 0 Å². The van der Waals surface area contributed by atoms with Crippen LogP contribution in [0.3, 0.4) is 0 Å². The summed E-state index contributed by atoms with van der Waals surface area (Å²) >= 11 is 0. The second-order valence-electron chi connectivity index (χ2n) is 3.07.